The smallest absolute Gasteiger partial charge is 0.224 e. The Morgan fingerprint density at radius 2 is 2.38 bits per heavy atom. The van der Waals surface area contributed by atoms with Crippen molar-refractivity contribution in [2.45, 2.75) is 19.3 Å². The number of rotatable bonds is 7. The molecular formula is C15H21ClN2O3. The van der Waals surface area contributed by atoms with Gasteiger partial charge in [0, 0.05) is 30.6 Å². The van der Waals surface area contributed by atoms with Crippen molar-refractivity contribution < 1.29 is 14.3 Å². The van der Waals surface area contributed by atoms with E-state index < -0.39 is 0 Å². The topological polar surface area (TPSA) is 73.6 Å². The average Bonchev–Trinajstić information content (AvgIpc) is 2.96. The van der Waals surface area contributed by atoms with Crippen LogP contribution in [-0.2, 0) is 14.3 Å². The highest BCUT2D eigenvalue weighted by atomic mass is 35.5. The molecule has 5 nitrogen and oxygen atoms in total. The lowest BCUT2D eigenvalue weighted by Gasteiger charge is -2.10. The standard InChI is InChI=1S/C15H21ClN2O3/c16-12-3-4-13(17)14(8-12)18-15(19)2-1-6-20-9-11-5-7-21-10-11/h3-4,8,11H,1-2,5-7,9-10,17H2,(H,18,19). The molecule has 1 aromatic carbocycles. The molecule has 1 aromatic rings. The first kappa shape index (κ1) is 16.1. The molecule has 1 aliphatic heterocycles. The molecule has 1 atom stereocenters. The van der Waals surface area contributed by atoms with E-state index in [2.05, 4.69) is 5.32 Å². The highest BCUT2D eigenvalue weighted by molar-refractivity contribution is 6.31. The summed E-state index contributed by atoms with van der Waals surface area (Å²) in [6.07, 6.45) is 2.14. The van der Waals surface area contributed by atoms with Gasteiger partial charge in [-0.1, -0.05) is 11.6 Å². The van der Waals surface area contributed by atoms with Crippen LogP contribution in [0.25, 0.3) is 0 Å². The van der Waals surface area contributed by atoms with Gasteiger partial charge in [-0.2, -0.15) is 0 Å². The fourth-order valence-electron chi connectivity index (χ4n) is 2.15. The summed E-state index contributed by atoms with van der Waals surface area (Å²) < 4.78 is 10.8. The minimum absolute atomic E-state index is 0.0863. The zero-order valence-electron chi connectivity index (χ0n) is 11.9. The van der Waals surface area contributed by atoms with Crippen LogP contribution in [0, 0.1) is 5.92 Å². The monoisotopic (exact) mass is 312 g/mol. The van der Waals surface area contributed by atoms with Crippen molar-refractivity contribution in [2.24, 2.45) is 5.92 Å². The van der Waals surface area contributed by atoms with Gasteiger partial charge in [-0.15, -0.1) is 0 Å². The SMILES string of the molecule is Nc1ccc(Cl)cc1NC(=O)CCCOCC1CCOC1. The average molecular weight is 313 g/mol. The maximum Gasteiger partial charge on any atom is 0.224 e. The molecule has 0 radical (unpaired) electrons. The Hall–Kier alpha value is -1.30. The summed E-state index contributed by atoms with van der Waals surface area (Å²) >= 11 is 5.87. The third-order valence-corrected chi connectivity index (χ3v) is 3.59. The first-order chi connectivity index (χ1) is 10.1. The second-order valence-electron chi connectivity index (χ2n) is 5.19. The lowest BCUT2D eigenvalue weighted by atomic mass is 10.1. The van der Waals surface area contributed by atoms with Crippen LogP contribution in [0.3, 0.4) is 0 Å². The van der Waals surface area contributed by atoms with Gasteiger partial charge in [-0.3, -0.25) is 4.79 Å². The number of benzene rings is 1. The van der Waals surface area contributed by atoms with Crippen LogP contribution in [0.4, 0.5) is 11.4 Å². The van der Waals surface area contributed by atoms with Gasteiger partial charge in [0.1, 0.15) is 0 Å². The van der Waals surface area contributed by atoms with Crippen molar-refractivity contribution in [1.82, 2.24) is 0 Å². The van der Waals surface area contributed by atoms with Gasteiger partial charge in [0.15, 0.2) is 0 Å². The predicted molar refractivity (Wildman–Crippen MR) is 83.5 cm³/mol. The Morgan fingerprint density at radius 3 is 3.14 bits per heavy atom. The summed E-state index contributed by atoms with van der Waals surface area (Å²) in [4.78, 5) is 11.8. The van der Waals surface area contributed by atoms with E-state index in [1.54, 1.807) is 18.2 Å². The van der Waals surface area contributed by atoms with Crippen LogP contribution in [-0.4, -0.2) is 32.3 Å². The van der Waals surface area contributed by atoms with Crippen molar-refractivity contribution in [3.8, 4) is 0 Å². The number of nitrogens with two attached hydrogens (primary N) is 1. The number of nitrogens with one attached hydrogen (secondary N) is 1. The van der Waals surface area contributed by atoms with E-state index in [1.807, 2.05) is 0 Å². The number of carbonyl (C=O) groups is 1. The molecule has 0 aliphatic carbocycles. The maximum absolute atomic E-state index is 11.8. The van der Waals surface area contributed by atoms with E-state index in [1.165, 1.54) is 0 Å². The number of carbonyl (C=O) groups excluding carboxylic acids is 1. The summed E-state index contributed by atoms with van der Waals surface area (Å²) in [5.74, 6) is 0.418. The molecule has 6 heteroatoms. The number of hydrogen-bond donors (Lipinski definition) is 2. The van der Waals surface area contributed by atoms with Crippen LogP contribution in [0.5, 0.6) is 0 Å². The second kappa shape index (κ2) is 8.22. The molecule has 21 heavy (non-hydrogen) atoms. The van der Waals surface area contributed by atoms with Gasteiger partial charge in [-0.25, -0.2) is 0 Å². The highest BCUT2D eigenvalue weighted by Gasteiger charge is 2.15. The molecule has 0 saturated carbocycles. The summed E-state index contributed by atoms with van der Waals surface area (Å²) in [6.45, 7) is 2.91. The fraction of sp³-hybridized carbons (Fsp3) is 0.533. The second-order valence-corrected chi connectivity index (χ2v) is 5.62. The van der Waals surface area contributed by atoms with Gasteiger partial charge in [0.2, 0.25) is 5.91 Å². The van der Waals surface area contributed by atoms with Gasteiger partial charge in [0.05, 0.1) is 24.6 Å². The number of hydrogen-bond acceptors (Lipinski definition) is 4. The van der Waals surface area contributed by atoms with Gasteiger partial charge >= 0.3 is 0 Å². The van der Waals surface area contributed by atoms with E-state index in [0.29, 0.717) is 48.4 Å². The number of ether oxygens (including phenoxy) is 2. The number of nitrogen functional groups attached to an aromatic ring is 1. The zero-order valence-corrected chi connectivity index (χ0v) is 12.7. The minimum atomic E-state index is -0.0863. The van der Waals surface area contributed by atoms with Crippen LogP contribution >= 0.6 is 11.6 Å². The first-order valence-electron chi connectivity index (χ1n) is 7.15. The van der Waals surface area contributed by atoms with Crippen molar-refractivity contribution in [1.29, 1.82) is 0 Å². The molecule has 0 aromatic heterocycles. The molecule has 116 valence electrons. The van der Waals surface area contributed by atoms with E-state index in [0.717, 1.165) is 19.6 Å². The van der Waals surface area contributed by atoms with Crippen LogP contribution in [0.1, 0.15) is 19.3 Å². The molecule has 1 heterocycles. The lowest BCUT2D eigenvalue weighted by molar-refractivity contribution is -0.116. The lowest BCUT2D eigenvalue weighted by Crippen LogP contribution is -2.14. The molecule has 0 bridgehead atoms. The Kier molecular flexibility index (Phi) is 6.29. The predicted octanol–water partition coefficient (Wildman–Crippen LogP) is 2.69. The minimum Gasteiger partial charge on any atom is -0.397 e. The maximum atomic E-state index is 11.8. The van der Waals surface area contributed by atoms with E-state index in [-0.39, 0.29) is 5.91 Å². The molecule has 0 spiro atoms. The third-order valence-electron chi connectivity index (χ3n) is 3.36. The van der Waals surface area contributed by atoms with E-state index in [9.17, 15) is 4.79 Å². The highest BCUT2D eigenvalue weighted by Crippen LogP contribution is 2.23. The summed E-state index contributed by atoms with van der Waals surface area (Å²) in [7, 11) is 0. The Labute approximate surface area is 129 Å². The number of halogens is 1. The van der Waals surface area contributed by atoms with Crippen molar-refractivity contribution in [3.63, 3.8) is 0 Å². The fourth-order valence-corrected chi connectivity index (χ4v) is 2.32. The molecule has 1 aliphatic rings. The molecule has 2 rings (SSSR count). The third kappa shape index (κ3) is 5.53. The van der Waals surface area contributed by atoms with Crippen LogP contribution < -0.4 is 11.1 Å². The summed E-state index contributed by atoms with van der Waals surface area (Å²) in [5.41, 5.74) is 6.83. The zero-order chi connectivity index (χ0) is 15.1. The van der Waals surface area contributed by atoms with Crippen LogP contribution in [0.15, 0.2) is 18.2 Å². The van der Waals surface area contributed by atoms with Gasteiger partial charge in [-0.05, 0) is 31.0 Å². The normalized spacial score (nSPS) is 17.9. The summed E-state index contributed by atoms with van der Waals surface area (Å²) in [5, 5.41) is 3.30. The Morgan fingerprint density at radius 1 is 1.52 bits per heavy atom. The molecule has 3 N–H and O–H groups in total. The number of amides is 1. The summed E-state index contributed by atoms with van der Waals surface area (Å²) in [6, 6.07) is 5.00. The molecule has 1 unspecified atom stereocenters. The molecule has 1 saturated heterocycles. The molecule has 1 fully saturated rings. The number of anilines is 2. The van der Waals surface area contributed by atoms with Crippen molar-refractivity contribution in [3.05, 3.63) is 23.2 Å². The van der Waals surface area contributed by atoms with Gasteiger partial charge < -0.3 is 20.5 Å². The first-order valence-corrected chi connectivity index (χ1v) is 7.53. The quantitative estimate of drug-likeness (QED) is 0.599. The van der Waals surface area contributed by atoms with E-state index >= 15 is 0 Å². The Balaban J connectivity index is 1.62. The van der Waals surface area contributed by atoms with E-state index in [4.69, 9.17) is 26.8 Å². The van der Waals surface area contributed by atoms with Crippen LogP contribution in [0.2, 0.25) is 5.02 Å². The Bertz CT molecular complexity index is 476. The largest absolute Gasteiger partial charge is 0.397 e. The molecule has 1 amide bonds. The molecular weight excluding hydrogens is 292 g/mol. The van der Waals surface area contributed by atoms with Crippen molar-refractivity contribution >= 4 is 28.9 Å². The van der Waals surface area contributed by atoms with Crippen molar-refractivity contribution in [2.75, 3.05) is 37.5 Å². The van der Waals surface area contributed by atoms with Gasteiger partial charge in [0.25, 0.3) is 0 Å².